The molecule has 1 atom stereocenters. The first-order valence-corrected chi connectivity index (χ1v) is 11.9. The zero-order chi connectivity index (χ0) is 23.8. The minimum atomic E-state index is -4.46. The van der Waals surface area contributed by atoms with E-state index in [-0.39, 0.29) is 5.56 Å². The van der Waals surface area contributed by atoms with Gasteiger partial charge in [0.05, 0.1) is 12.2 Å². The molecule has 1 amide bonds. The third-order valence-corrected chi connectivity index (χ3v) is 5.42. The standard InChI is InChI=1S/C25H38F3NO3/c1-3-4-5-6-7-8-9-10-11-12-13-14-19-32-24(31)20(2)29-23(30)21-15-17-22(18-16-21)25(26,27)28/h15-18,20H,3-14,19H2,1-2H3,(H,29,30). The fourth-order valence-electron chi connectivity index (χ4n) is 3.39. The van der Waals surface area contributed by atoms with Crippen molar-refractivity contribution in [1.29, 1.82) is 0 Å². The van der Waals surface area contributed by atoms with Crippen LogP contribution in [0.4, 0.5) is 13.2 Å². The van der Waals surface area contributed by atoms with E-state index in [1.54, 1.807) is 0 Å². The van der Waals surface area contributed by atoms with Crippen LogP contribution >= 0.6 is 0 Å². The highest BCUT2D eigenvalue weighted by Crippen LogP contribution is 2.29. The molecule has 0 radical (unpaired) electrons. The highest BCUT2D eigenvalue weighted by atomic mass is 19.4. The summed E-state index contributed by atoms with van der Waals surface area (Å²) in [7, 11) is 0. The van der Waals surface area contributed by atoms with Gasteiger partial charge in [0, 0.05) is 5.56 Å². The molecule has 1 aromatic rings. The highest BCUT2D eigenvalue weighted by Gasteiger charge is 2.30. The number of hydrogen-bond donors (Lipinski definition) is 1. The number of rotatable bonds is 16. The van der Waals surface area contributed by atoms with E-state index in [1.165, 1.54) is 64.7 Å². The molecule has 182 valence electrons. The van der Waals surface area contributed by atoms with Crippen LogP contribution in [0.5, 0.6) is 0 Å². The molecule has 1 rings (SSSR count). The number of ether oxygens (including phenoxy) is 1. The van der Waals surface area contributed by atoms with Gasteiger partial charge < -0.3 is 10.1 Å². The predicted molar refractivity (Wildman–Crippen MR) is 120 cm³/mol. The van der Waals surface area contributed by atoms with Gasteiger partial charge in [0.15, 0.2) is 0 Å². The molecule has 4 nitrogen and oxygen atoms in total. The molecule has 1 unspecified atom stereocenters. The van der Waals surface area contributed by atoms with Crippen LogP contribution in [0.25, 0.3) is 0 Å². The number of alkyl halides is 3. The highest BCUT2D eigenvalue weighted by molar-refractivity contribution is 5.96. The van der Waals surface area contributed by atoms with Crippen LogP contribution in [0, 0.1) is 0 Å². The zero-order valence-electron chi connectivity index (χ0n) is 19.4. The molecule has 32 heavy (non-hydrogen) atoms. The number of carbonyl (C=O) groups excluding carboxylic acids is 2. The zero-order valence-corrected chi connectivity index (χ0v) is 19.4. The fraction of sp³-hybridized carbons (Fsp3) is 0.680. The normalized spacial score (nSPS) is 12.4. The van der Waals surface area contributed by atoms with Gasteiger partial charge in [-0.1, -0.05) is 77.6 Å². The molecular formula is C25H38F3NO3. The number of amides is 1. The predicted octanol–water partition coefficient (Wildman–Crippen LogP) is 7.07. The monoisotopic (exact) mass is 457 g/mol. The second-order valence-corrected chi connectivity index (χ2v) is 8.33. The molecule has 0 fully saturated rings. The van der Waals surface area contributed by atoms with Crippen molar-refractivity contribution in [3.05, 3.63) is 35.4 Å². The Morgan fingerprint density at radius 3 is 1.78 bits per heavy atom. The minimum absolute atomic E-state index is 0.0543. The number of benzene rings is 1. The smallest absolute Gasteiger partial charge is 0.416 e. The molecule has 7 heteroatoms. The van der Waals surface area contributed by atoms with E-state index in [0.29, 0.717) is 6.61 Å². The van der Waals surface area contributed by atoms with E-state index in [2.05, 4.69) is 12.2 Å². The van der Waals surface area contributed by atoms with E-state index < -0.39 is 29.7 Å². The van der Waals surface area contributed by atoms with Crippen molar-refractivity contribution in [3.63, 3.8) is 0 Å². The molecule has 0 aliphatic rings. The van der Waals surface area contributed by atoms with Gasteiger partial charge in [-0.05, 0) is 37.6 Å². The number of halogens is 3. The third kappa shape index (κ3) is 12.1. The van der Waals surface area contributed by atoms with E-state index in [0.717, 1.165) is 43.5 Å². The molecule has 0 aromatic heterocycles. The maximum atomic E-state index is 12.6. The number of unbranched alkanes of at least 4 members (excludes halogenated alkanes) is 11. The third-order valence-electron chi connectivity index (χ3n) is 5.42. The van der Waals surface area contributed by atoms with Crippen LogP contribution in [-0.4, -0.2) is 24.5 Å². The Bertz CT molecular complexity index is 659. The van der Waals surface area contributed by atoms with Gasteiger partial charge >= 0.3 is 12.1 Å². The second-order valence-electron chi connectivity index (χ2n) is 8.33. The molecule has 0 aliphatic heterocycles. The summed E-state index contributed by atoms with van der Waals surface area (Å²) in [6.45, 7) is 4.02. The van der Waals surface area contributed by atoms with Gasteiger partial charge in [0.1, 0.15) is 6.04 Å². The largest absolute Gasteiger partial charge is 0.464 e. The Hall–Kier alpha value is -2.05. The Kier molecular flexibility index (Phi) is 13.7. The first kappa shape index (κ1) is 28.0. The van der Waals surface area contributed by atoms with Crippen LogP contribution in [0.3, 0.4) is 0 Å². The van der Waals surface area contributed by atoms with Gasteiger partial charge in [-0.15, -0.1) is 0 Å². The van der Waals surface area contributed by atoms with Crippen LogP contribution < -0.4 is 5.32 Å². The molecule has 0 heterocycles. The Morgan fingerprint density at radius 1 is 0.844 bits per heavy atom. The topological polar surface area (TPSA) is 55.4 Å². The second kappa shape index (κ2) is 15.7. The van der Waals surface area contributed by atoms with Crippen molar-refractivity contribution >= 4 is 11.9 Å². The quantitative estimate of drug-likeness (QED) is 0.213. The Balaban J connectivity index is 2.10. The number of hydrogen-bond acceptors (Lipinski definition) is 3. The fourth-order valence-corrected chi connectivity index (χ4v) is 3.39. The summed E-state index contributed by atoms with van der Waals surface area (Å²) in [4.78, 5) is 24.1. The molecular weight excluding hydrogens is 419 g/mol. The van der Waals surface area contributed by atoms with Crippen molar-refractivity contribution < 1.29 is 27.5 Å². The maximum Gasteiger partial charge on any atom is 0.416 e. The summed E-state index contributed by atoms with van der Waals surface area (Å²) in [5.74, 6) is -1.16. The molecule has 1 aromatic carbocycles. The molecule has 0 aliphatic carbocycles. The van der Waals surface area contributed by atoms with Crippen molar-refractivity contribution in [2.45, 2.75) is 103 Å². The molecule has 0 saturated heterocycles. The summed E-state index contributed by atoms with van der Waals surface area (Å²) >= 11 is 0. The number of nitrogens with one attached hydrogen (secondary N) is 1. The first-order chi connectivity index (χ1) is 15.3. The Morgan fingerprint density at radius 2 is 1.31 bits per heavy atom. The lowest BCUT2D eigenvalue weighted by molar-refractivity contribution is -0.145. The molecule has 0 spiro atoms. The van der Waals surface area contributed by atoms with Crippen LogP contribution in [0.1, 0.15) is 107 Å². The van der Waals surface area contributed by atoms with E-state index in [9.17, 15) is 22.8 Å². The van der Waals surface area contributed by atoms with Crippen molar-refractivity contribution in [3.8, 4) is 0 Å². The summed E-state index contributed by atoms with van der Waals surface area (Å²) in [6, 6.07) is 2.98. The van der Waals surface area contributed by atoms with Crippen LogP contribution in [0.15, 0.2) is 24.3 Å². The Labute approximate surface area is 190 Å². The minimum Gasteiger partial charge on any atom is -0.464 e. The maximum absolute atomic E-state index is 12.6. The number of carbonyl (C=O) groups is 2. The lowest BCUT2D eigenvalue weighted by Gasteiger charge is -2.14. The van der Waals surface area contributed by atoms with Crippen LogP contribution in [0.2, 0.25) is 0 Å². The van der Waals surface area contributed by atoms with Crippen molar-refractivity contribution in [1.82, 2.24) is 5.32 Å². The molecule has 0 bridgehead atoms. The van der Waals surface area contributed by atoms with Crippen molar-refractivity contribution in [2.75, 3.05) is 6.61 Å². The SMILES string of the molecule is CCCCCCCCCCCCCCOC(=O)C(C)NC(=O)c1ccc(C(F)(F)F)cc1. The lowest BCUT2D eigenvalue weighted by Crippen LogP contribution is -2.39. The van der Waals surface area contributed by atoms with Gasteiger partial charge in [-0.25, -0.2) is 4.79 Å². The molecule has 1 N–H and O–H groups in total. The van der Waals surface area contributed by atoms with Gasteiger partial charge in [0.2, 0.25) is 0 Å². The average molecular weight is 458 g/mol. The summed E-state index contributed by atoms with van der Waals surface area (Å²) in [5.41, 5.74) is -0.775. The van der Waals surface area contributed by atoms with Gasteiger partial charge in [-0.3, -0.25) is 4.79 Å². The first-order valence-electron chi connectivity index (χ1n) is 11.9. The van der Waals surface area contributed by atoms with E-state index in [1.807, 2.05) is 0 Å². The van der Waals surface area contributed by atoms with E-state index in [4.69, 9.17) is 4.74 Å². The van der Waals surface area contributed by atoms with Crippen LogP contribution in [-0.2, 0) is 15.7 Å². The molecule has 0 saturated carbocycles. The van der Waals surface area contributed by atoms with Gasteiger partial charge in [0.25, 0.3) is 5.91 Å². The average Bonchev–Trinajstić information content (AvgIpc) is 2.76. The van der Waals surface area contributed by atoms with Gasteiger partial charge in [-0.2, -0.15) is 13.2 Å². The summed E-state index contributed by atoms with van der Waals surface area (Å²) in [6.07, 6.45) is 10.2. The number of esters is 1. The lowest BCUT2D eigenvalue weighted by atomic mass is 10.1. The summed E-state index contributed by atoms with van der Waals surface area (Å²) in [5, 5.41) is 2.46. The van der Waals surface area contributed by atoms with E-state index >= 15 is 0 Å². The van der Waals surface area contributed by atoms with Crippen molar-refractivity contribution in [2.24, 2.45) is 0 Å². The summed E-state index contributed by atoms with van der Waals surface area (Å²) < 4.78 is 43.0.